The summed E-state index contributed by atoms with van der Waals surface area (Å²) >= 11 is 0. The third-order valence-corrected chi connectivity index (χ3v) is 3.99. The van der Waals surface area contributed by atoms with Gasteiger partial charge in [0.25, 0.3) is 0 Å². The van der Waals surface area contributed by atoms with E-state index in [-0.39, 0.29) is 18.0 Å². The molecule has 1 fully saturated rings. The first-order chi connectivity index (χ1) is 8.74. The molecule has 0 bridgehead atoms. The van der Waals surface area contributed by atoms with Crippen LogP contribution in [0.2, 0.25) is 0 Å². The zero-order chi connectivity index (χ0) is 13.0. The third-order valence-electron chi connectivity index (χ3n) is 3.99. The molecule has 1 amide bonds. The fourth-order valence-electron chi connectivity index (χ4n) is 2.92. The van der Waals surface area contributed by atoms with E-state index < -0.39 is 0 Å². The van der Waals surface area contributed by atoms with Crippen molar-refractivity contribution >= 4 is 5.91 Å². The van der Waals surface area contributed by atoms with E-state index in [1.165, 1.54) is 12.8 Å². The molecular formula is C15H24N2O. The lowest BCUT2D eigenvalue weighted by Crippen LogP contribution is -2.47. The Morgan fingerprint density at radius 2 is 2.17 bits per heavy atom. The Morgan fingerprint density at radius 3 is 2.94 bits per heavy atom. The minimum Gasteiger partial charge on any atom is -0.309 e. The molecule has 1 aliphatic carbocycles. The maximum atomic E-state index is 12.6. The van der Waals surface area contributed by atoms with E-state index >= 15 is 0 Å². The van der Waals surface area contributed by atoms with E-state index in [1.807, 2.05) is 11.9 Å². The molecule has 0 aromatic carbocycles. The third kappa shape index (κ3) is 2.83. The standard InChI is InChI=1S/C15H24N2O/c1-12-8-7-11-14(16-2)15(18)17(12)13-9-5-3-4-6-10-13/h5,9,13-14,16H,1,3-4,6-8,10-11H2,2H3. The highest BCUT2D eigenvalue weighted by Crippen LogP contribution is 2.26. The van der Waals surface area contributed by atoms with E-state index in [4.69, 9.17) is 0 Å². The average molecular weight is 248 g/mol. The Morgan fingerprint density at radius 1 is 1.33 bits per heavy atom. The van der Waals surface area contributed by atoms with Crippen molar-refractivity contribution in [3.05, 3.63) is 24.4 Å². The molecule has 2 rings (SSSR count). The number of carbonyl (C=O) groups is 1. The van der Waals surface area contributed by atoms with E-state index in [9.17, 15) is 4.79 Å². The van der Waals surface area contributed by atoms with Crippen molar-refractivity contribution < 1.29 is 4.79 Å². The van der Waals surface area contributed by atoms with Crippen molar-refractivity contribution in [3.8, 4) is 0 Å². The van der Waals surface area contributed by atoms with Gasteiger partial charge < -0.3 is 10.2 Å². The maximum Gasteiger partial charge on any atom is 0.244 e. The molecule has 1 saturated heterocycles. The van der Waals surface area contributed by atoms with Gasteiger partial charge in [0, 0.05) is 5.70 Å². The minimum atomic E-state index is -0.0408. The normalized spacial score (nSPS) is 30.2. The zero-order valence-corrected chi connectivity index (χ0v) is 11.3. The number of hydrogen-bond donors (Lipinski definition) is 1. The summed E-state index contributed by atoms with van der Waals surface area (Å²) in [5.74, 6) is 0.205. The lowest BCUT2D eigenvalue weighted by Gasteiger charge is -2.31. The SMILES string of the molecule is C=C1CCCC(NC)C(=O)N1C1C=CCCCC1. The molecule has 2 aliphatic rings. The van der Waals surface area contributed by atoms with E-state index in [0.29, 0.717) is 0 Å². The van der Waals surface area contributed by atoms with E-state index in [1.54, 1.807) is 0 Å². The molecule has 1 heterocycles. The highest BCUT2D eigenvalue weighted by molar-refractivity contribution is 5.84. The highest BCUT2D eigenvalue weighted by Gasteiger charge is 2.31. The Bertz CT molecular complexity index is 348. The number of rotatable bonds is 2. The summed E-state index contributed by atoms with van der Waals surface area (Å²) in [6.07, 6.45) is 12.0. The second-order valence-corrected chi connectivity index (χ2v) is 5.29. The number of likely N-dealkylation sites (tertiary alicyclic amines) is 1. The largest absolute Gasteiger partial charge is 0.309 e. The summed E-state index contributed by atoms with van der Waals surface area (Å²) in [6.45, 7) is 4.12. The van der Waals surface area contributed by atoms with Gasteiger partial charge in [-0.3, -0.25) is 4.79 Å². The van der Waals surface area contributed by atoms with Crippen LogP contribution in [0.25, 0.3) is 0 Å². The monoisotopic (exact) mass is 248 g/mol. The number of likely N-dealkylation sites (N-methyl/N-ethyl adjacent to an activating group) is 1. The number of nitrogens with zero attached hydrogens (tertiary/aromatic N) is 1. The molecule has 2 atom stereocenters. The van der Waals surface area contributed by atoms with Gasteiger partial charge in [-0.25, -0.2) is 0 Å². The van der Waals surface area contributed by atoms with Gasteiger partial charge in [-0.1, -0.05) is 25.2 Å². The van der Waals surface area contributed by atoms with Gasteiger partial charge in [-0.2, -0.15) is 0 Å². The first-order valence-corrected chi connectivity index (χ1v) is 7.09. The van der Waals surface area contributed by atoms with E-state index in [2.05, 4.69) is 24.0 Å². The van der Waals surface area contributed by atoms with Crippen molar-refractivity contribution in [2.24, 2.45) is 0 Å². The van der Waals surface area contributed by atoms with Crippen LogP contribution in [0.3, 0.4) is 0 Å². The van der Waals surface area contributed by atoms with Crippen molar-refractivity contribution in [2.75, 3.05) is 7.05 Å². The fourth-order valence-corrected chi connectivity index (χ4v) is 2.92. The Kier molecular flexibility index (Phi) is 4.59. The Balaban J connectivity index is 2.19. The number of carbonyl (C=O) groups excluding carboxylic acids is 1. The van der Waals surface area contributed by atoms with Crippen LogP contribution in [-0.2, 0) is 4.79 Å². The van der Waals surface area contributed by atoms with Crippen LogP contribution in [0.4, 0.5) is 0 Å². The number of hydrogen-bond acceptors (Lipinski definition) is 2. The lowest BCUT2D eigenvalue weighted by molar-refractivity contribution is -0.132. The molecule has 1 aliphatic heterocycles. The minimum absolute atomic E-state index is 0.0408. The number of nitrogens with one attached hydrogen (secondary N) is 1. The molecule has 1 N–H and O–H groups in total. The van der Waals surface area contributed by atoms with Crippen LogP contribution >= 0.6 is 0 Å². The van der Waals surface area contributed by atoms with Crippen LogP contribution in [-0.4, -0.2) is 29.9 Å². The van der Waals surface area contributed by atoms with Crippen molar-refractivity contribution in [2.45, 2.75) is 57.0 Å². The molecule has 0 spiro atoms. The van der Waals surface area contributed by atoms with E-state index in [0.717, 1.165) is 37.8 Å². The molecule has 0 aromatic heterocycles. The van der Waals surface area contributed by atoms with Crippen LogP contribution in [0.1, 0.15) is 44.9 Å². The van der Waals surface area contributed by atoms with Gasteiger partial charge >= 0.3 is 0 Å². The van der Waals surface area contributed by atoms with Gasteiger partial charge in [-0.05, 0) is 45.6 Å². The summed E-state index contributed by atoms with van der Waals surface area (Å²) in [5, 5.41) is 3.14. The number of amides is 1. The topological polar surface area (TPSA) is 32.3 Å². The molecule has 3 heteroatoms. The number of allylic oxidation sites excluding steroid dienone is 2. The van der Waals surface area contributed by atoms with Crippen LogP contribution in [0.15, 0.2) is 24.4 Å². The Hall–Kier alpha value is -1.09. The fraction of sp³-hybridized carbons (Fsp3) is 0.667. The Labute approximate surface area is 110 Å². The van der Waals surface area contributed by atoms with Gasteiger partial charge in [0.15, 0.2) is 0 Å². The second kappa shape index (κ2) is 6.19. The van der Waals surface area contributed by atoms with Crippen LogP contribution < -0.4 is 5.32 Å². The van der Waals surface area contributed by atoms with Gasteiger partial charge in [0.05, 0.1) is 12.1 Å². The van der Waals surface area contributed by atoms with Crippen LogP contribution in [0.5, 0.6) is 0 Å². The summed E-state index contributed by atoms with van der Waals surface area (Å²) in [4.78, 5) is 14.5. The van der Waals surface area contributed by atoms with Gasteiger partial charge in [0.2, 0.25) is 5.91 Å². The molecule has 3 nitrogen and oxygen atoms in total. The summed E-state index contributed by atoms with van der Waals surface area (Å²) in [7, 11) is 1.87. The predicted octanol–water partition coefficient (Wildman–Crippen LogP) is 2.60. The zero-order valence-electron chi connectivity index (χ0n) is 11.3. The first-order valence-electron chi connectivity index (χ1n) is 7.09. The smallest absolute Gasteiger partial charge is 0.244 e. The second-order valence-electron chi connectivity index (χ2n) is 5.29. The molecule has 0 radical (unpaired) electrons. The molecule has 18 heavy (non-hydrogen) atoms. The summed E-state index contributed by atoms with van der Waals surface area (Å²) in [6, 6.07) is 0.183. The van der Waals surface area contributed by atoms with Crippen molar-refractivity contribution in [1.29, 1.82) is 0 Å². The molecular weight excluding hydrogens is 224 g/mol. The predicted molar refractivity (Wildman–Crippen MR) is 74.1 cm³/mol. The molecule has 0 saturated carbocycles. The maximum absolute atomic E-state index is 12.6. The molecule has 100 valence electrons. The van der Waals surface area contributed by atoms with Crippen molar-refractivity contribution in [1.82, 2.24) is 10.2 Å². The highest BCUT2D eigenvalue weighted by atomic mass is 16.2. The summed E-state index contributed by atoms with van der Waals surface area (Å²) < 4.78 is 0. The van der Waals surface area contributed by atoms with Gasteiger partial charge in [0.1, 0.15) is 0 Å². The summed E-state index contributed by atoms with van der Waals surface area (Å²) in [5.41, 5.74) is 0.995. The quantitative estimate of drug-likeness (QED) is 0.762. The first kappa shape index (κ1) is 13.3. The molecule has 0 aromatic rings. The van der Waals surface area contributed by atoms with Crippen molar-refractivity contribution in [3.63, 3.8) is 0 Å². The van der Waals surface area contributed by atoms with Gasteiger partial charge in [-0.15, -0.1) is 0 Å². The lowest BCUT2D eigenvalue weighted by atomic mass is 10.1. The van der Waals surface area contributed by atoms with Crippen LogP contribution in [0, 0.1) is 0 Å². The molecule has 2 unspecified atom stereocenters. The average Bonchev–Trinajstić information content (AvgIpc) is 2.69.